The molecule has 4 nitrogen and oxygen atoms in total. The van der Waals surface area contributed by atoms with E-state index in [2.05, 4.69) is 13.8 Å². The van der Waals surface area contributed by atoms with E-state index in [9.17, 15) is 14.4 Å². The number of carbonyl (C=O) groups is 3. The number of amides is 2. The molecule has 30 heavy (non-hydrogen) atoms. The predicted molar refractivity (Wildman–Crippen MR) is 124 cm³/mol. The van der Waals surface area contributed by atoms with Crippen molar-refractivity contribution in [2.75, 3.05) is 0 Å². The Kier molecular flexibility index (Phi) is 11.3. The summed E-state index contributed by atoms with van der Waals surface area (Å²) in [7, 11) is 0. The lowest BCUT2D eigenvalue weighted by atomic mass is 9.80. The molecule has 174 valence electrons. The van der Waals surface area contributed by atoms with Crippen LogP contribution in [0.25, 0.3) is 0 Å². The Morgan fingerprint density at radius 2 is 1.40 bits per heavy atom. The molecule has 1 aliphatic rings. The summed E-state index contributed by atoms with van der Waals surface area (Å²) in [6, 6.07) is 0. The lowest BCUT2D eigenvalue weighted by molar-refractivity contribution is -0.147. The Morgan fingerprint density at radius 1 is 0.900 bits per heavy atom. The summed E-state index contributed by atoms with van der Waals surface area (Å²) < 4.78 is 0. The summed E-state index contributed by atoms with van der Waals surface area (Å²) in [6.07, 6.45) is 14.8. The van der Waals surface area contributed by atoms with Crippen LogP contribution in [0.4, 0.5) is 0 Å². The van der Waals surface area contributed by atoms with Gasteiger partial charge in [-0.25, -0.2) is 0 Å². The molecular formula is C26H47NO3. The van der Waals surface area contributed by atoms with Gasteiger partial charge in [-0.15, -0.1) is 0 Å². The van der Waals surface area contributed by atoms with Gasteiger partial charge in [0.25, 0.3) is 0 Å². The van der Waals surface area contributed by atoms with Crippen molar-refractivity contribution in [1.29, 1.82) is 0 Å². The molecule has 1 fully saturated rings. The van der Waals surface area contributed by atoms with Crippen molar-refractivity contribution in [2.24, 2.45) is 17.3 Å². The van der Waals surface area contributed by atoms with Crippen LogP contribution >= 0.6 is 0 Å². The average Bonchev–Trinajstić information content (AvgIpc) is 2.97. The normalized spacial score (nSPS) is 18.9. The fourth-order valence-corrected chi connectivity index (χ4v) is 5.29. The van der Waals surface area contributed by atoms with Crippen LogP contribution in [0.3, 0.4) is 0 Å². The van der Waals surface area contributed by atoms with Gasteiger partial charge in [-0.05, 0) is 39.0 Å². The topological polar surface area (TPSA) is 54.5 Å². The first kappa shape index (κ1) is 26.8. The Morgan fingerprint density at radius 3 is 1.90 bits per heavy atom. The first-order valence-electron chi connectivity index (χ1n) is 12.4. The first-order valence-corrected chi connectivity index (χ1v) is 12.4. The SMILES string of the molecule is CCCCCCCC(CCCCCC)C1CC(=O)N(C(C)(C)CC(C)(C)C=O)C1=O. The van der Waals surface area contributed by atoms with E-state index in [1.165, 1.54) is 49.8 Å². The molecule has 2 unspecified atom stereocenters. The summed E-state index contributed by atoms with van der Waals surface area (Å²) in [4.78, 5) is 39.3. The number of aldehydes is 1. The highest BCUT2D eigenvalue weighted by Crippen LogP contribution is 2.40. The second kappa shape index (κ2) is 12.6. The highest BCUT2D eigenvalue weighted by molar-refractivity contribution is 6.04. The molecular weight excluding hydrogens is 374 g/mol. The van der Waals surface area contributed by atoms with Gasteiger partial charge < -0.3 is 4.79 Å². The van der Waals surface area contributed by atoms with Crippen LogP contribution in [0.2, 0.25) is 0 Å². The van der Waals surface area contributed by atoms with Crippen molar-refractivity contribution in [3.63, 3.8) is 0 Å². The molecule has 0 aliphatic carbocycles. The minimum absolute atomic E-state index is 0.000693. The van der Waals surface area contributed by atoms with Crippen molar-refractivity contribution in [2.45, 2.75) is 131 Å². The fourth-order valence-electron chi connectivity index (χ4n) is 5.29. The third-order valence-corrected chi connectivity index (χ3v) is 6.67. The Labute approximate surface area is 185 Å². The molecule has 0 aromatic heterocycles. The Balaban J connectivity index is 2.86. The summed E-state index contributed by atoms with van der Waals surface area (Å²) in [5.41, 5.74) is -1.19. The fraction of sp³-hybridized carbons (Fsp3) is 0.885. The maximum absolute atomic E-state index is 13.4. The maximum Gasteiger partial charge on any atom is 0.233 e. The number of carbonyl (C=O) groups excluding carboxylic acids is 3. The van der Waals surface area contributed by atoms with Crippen LogP contribution in [0.1, 0.15) is 125 Å². The largest absolute Gasteiger partial charge is 0.303 e. The van der Waals surface area contributed by atoms with Crippen molar-refractivity contribution in [3.05, 3.63) is 0 Å². The van der Waals surface area contributed by atoms with Crippen molar-refractivity contribution < 1.29 is 14.4 Å². The van der Waals surface area contributed by atoms with Gasteiger partial charge in [-0.1, -0.05) is 85.5 Å². The van der Waals surface area contributed by atoms with Gasteiger partial charge >= 0.3 is 0 Å². The molecule has 0 bridgehead atoms. The zero-order chi connectivity index (χ0) is 22.8. The lowest BCUT2D eigenvalue weighted by Crippen LogP contribution is -2.50. The number of hydrogen-bond donors (Lipinski definition) is 0. The van der Waals surface area contributed by atoms with Gasteiger partial charge in [0, 0.05) is 17.4 Å². The smallest absolute Gasteiger partial charge is 0.233 e. The van der Waals surface area contributed by atoms with Crippen molar-refractivity contribution >= 4 is 18.1 Å². The number of nitrogens with zero attached hydrogens (tertiary/aromatic N) is 1. The minimum Gasteiger partial charge on any atom is -0.303 e. The quantitative estimate of drug-likeness (QED) is 0.158. The molecule has 1 heterocycles. The molecule has 2 amide bonds. The van der Waals surface area contributed by atoms with Crippen LogP contribution in [0.15, 0.2) is 0 Å². The van der Waals surface area contributed by atoms with E-state index in [-0.39, 0.29) is 17.7 Å². The van der Waals surface area contributed by atoms with Gasteiger partial charge in [0.05, 0.1) is 5.92 Å². The van der Waals surface area contributed by atoms with Crippen LogP contribution in [0.5, 0.6) is 0 Å². The summed E-state index contributed by atoms with van der Waals surface area (Å²) in [5.74, 6) is 0.0747. The molecule has 0 aromatic carbocycles. The summed E-state index contributed by atoms with van der Waals surface area (Å²) >= 11 is 0. The zero-order valence-corrected chi connectivity index (χ0v) is 20.6. The van der Waals surface area contributed by atoms with E-state index in [0.717, 1.165) is 32.0 Å². The van der Waals surface area contributed by atoms with Crippen LogP contribution in [-0.2, 0) is 14.4 Å². The van der Waals surface area contributed by atoms with Crippen molar-refractivity contribution in [1.82, 2.24) is 4.90 Å². The molecule has 0 radical (unpaired) electrons. The monoisotopic (exact) mass is 421 g/mol. The van der Waals surface area contributed by atoms with Gasteiger partial charge in [-0.3, -0.25) is 14.5 Å². The molecule has 0 N–H and O–H groups in total. The van der Waals surface area contributed by atoms with Gasteiger partial charge in [0.2, 0.25) is 11.8 Å². The van der Waals surface area contributed by atoms with Crippen LogP contribution in [0, 0.1) is 17.3 Å². The van der Waals surface area contributed by atoms with Crippen molar-refractivity contribution in [3.8, 4) is 0 Å². The van der Waals surface area contributed by atoms with E-state index in [4.69, 9.17) is 0 Å². The molecule has 1 saturated heterocycles. The molecule has 2 atom stereocenters. The van der Waals surface area contributed by atoms with E-state index < -0.39 is 11.0 Å². The Bertz CT molecular complexity index is 552. The minimum atomic E-state index is -0.638. The van der Waals surface area contributed by atoms with E-state index in [0.29, 0.717) is 18.8 Å². The van der Waals surface area contributed by atoms with E-state index in [1.54, 1.807) is 0 Å². The number of hydrogen-bond acceptors (Lipinski definition) is 3. The maximum atomic E-state index is 13.4. The molecule has 1 rings (SSSR count). The first-order chi connectivity index (χ1) is 14.1. The summed E-state index contributed by atoms with van der Waals surface area (Å²) in [6.45, 7) is 12.0. The standard InChI is InChI=1S/C26H47NO3/c1-7-9-11-13-15-17-21(16-14-12-10-8-2)22-18-23(29)27(24(22)30)26(5,6)19-25(3,4)20-28/h20-22H,7-19H2,1-6H3. The number of rotatable bonds is 16. The zero-order valence-electron chi connectivity index (χ0n) is 20.6. The third-order valence-electron chi connectivity index (χ3n) is 6.67. The molecule has 4 heteroatoms. The lowest BCUT2D eigenvalue weighted by Gasteiger charge is -2.38. The predicted octanol–water partition coefficient (Wildman–Crippen LogP) is 6.70. The van der Waals surface area contributed by atoms with Crippen LogP contribution < -0.4 is 0 Å². The highest BCUT2D eigenvalue weighted by Gasteiger charge is 2.49. The van der Waals surface area contributed by atoms with Crippen LogP contribution in [-0.4, -0.2) is 28.5 Å². The summed E-state index contributed by atoms with van der Waals surface area (Å²) in [5, 5.41) is 0. The second-order valence-corrected chi connectivity index (χ2v) is 10.8. The molecule has 0 saturated carbocycles. The van der Waals surface area contributed by atoms with Gasteiger partial charge in [0.1, 0.15) is 6.29 Å². The highest BCUT2D eigenvalue weighted by atomic mass is 16.2. The van der Waals surface area contributed by atoms with E-state index in [1.807, 2.05) is 27.7 Å². The molecule has 1 aliphatic heterocycles. The molecule has 0 aromatic rings. The number of unbranched alkanes of at least 4 members (excludes halogenated alkanes) is 7. The number of likely N-dealkylation sites (tertiary alicyclic amines) is 1. The van der Waals surface area contributed by atoms with Gasteiger partial charge in [-0.2, -0.15) is 0 Å². The third kappa shape index (κ3) is 8.15. The average molecular weight is 422 g/mol. The molecule has 0 spiro atoms. The second-order valence-electron chi connectivity index (χ2n) is 10.8. The van der Waals surface area contributed by atoms with Gasteiger partial charge in [0.15, 0.2) is 0 Å². The van der Waals surface area contributed by atoms with E-state index >= 15 is 0 Å². The number of imide groups is 1. The Hall–Kier alpha value is -1.19.